The first kappa shape index (κ1) is 18.2. The maximum Gasteiger partial charge on any atom is 0.244 e. The fraction of sp³-hybridized carbons (Fsp3) is 0.125. The van der Waals surface area contributed by atoms with E-state index in [4.69, 9.17) is 4.74 Å². The number of hydrazone groups is 1. The number of carbonyl (C=O) groups excluding carboxylic acids is 1. The van der Waals surface area contributed by atoms with Crippen molar-refractivity contribution in [2.24, 2.45) is 5.10 Å². The van der Waals surface area contributed by atoms with E-state index in [1.165, 1.54) is 0 Å². The van der Waals surface area contributed by atoms with Gasteiger partial charge in [0, 0.05) is 14.5 Å². The average molecular weight is 505 g/mol. The Labute approximate surface area is 159 Å². The van der Waals surface area contributed by atoms with E-state index in [-0.39, 0.29) is 12.3 Å². The molecule has 120 valence electrons. The summed E-state index contributed by atoms with van der Waals surface area (Å²) in [5, 5.41) is 3.99. The number of ether oxygens (including phenoxy) is 1. The average Bonchev–Trinajstić information content (AvgIpc) is 2.49. The fourth-order valence-corrected chi connectivity index (χ4v) is 3.58. The van der Waals surface area contributed by atoms with Crippen LogP contribution in [0.3, 0.4) is 0 Å². The second kappa shape index (κ2) is 8.61. The Morgan fingerprint density at radius 2 is 1.87 bits per heavy atom. The molecule has 0 aliphatic heterocycles. The number of hydrogen-bond donors (Lipinski definition) is 1. The van der Waals surface area contributed by atoms with Gasteiger partial charge in [-0.1, -0.05) is 44.0 Å². The molecule has 0 aliphatic rings. The van der Waals surface area contributed by atoms with Crippen LogP contribution in [0.25, 0.3) is 0 Å². The molecule has 7 heteroatoms. The lowest BCUT2D eigenvalue weighted by Gasteiger charge is -2.07. The third kappa shape index (κ3) is 5.44. The molecule has 0 heterocycles. The fourth-order valence-electron chi connectivity index (χ4n) is 1.89. The number of benzene rings is 2. The Bertz CT molecular complexity index is 731. The summed E-state index contributed by atoms with van der Waals surface area (Å²) in [4.78, 5) is 11.9. The van der Waals surface area contributed by atoms with Crippen LogP contribution in [-0.4, -0.2) is 19.2 Å². The highest BCUT2D eigenvalue weighted by atomic mass is 79.9. The number of amides is 1. The summed E-state index contributed by atoms with van der Waals surface area (Å²) in [6.45, 7) is 0. The largest absolute Gasteiger partial charge is 0.495 e. The normalized spacial score (nSPS) is 10.8. The predicted molar refractivity (Wildman–Crippen MR) is 102 cm³/mol. The number of halogens is 3. The third-order valence-electron chi connectivity index (χ3n) is 2.91. The first-order valence-electron chi connectivity index (χ1n) is 6.59. The number of nitrogens with one attached hydrogen (secondary N) is 1. The van der Waals surface area contributed by atoms with E-state index in [0.717, 1.165) is 24.5 Å². The van der Waals surface area contributed by atoms with Crippen LogP contribution in [-0.2, 0) is 11.2 Å². The summed E-state index contributed by atoms with van der Waals surface area (Å²) in [6.07, 6.45) is 1.82. The molecule has 0 radical (unpaired) electrons. The smallest absolute Gasteiger partial charge is 0.244 e. The van der Waals surface area contributed by atoms with Gasteiger partial charge in [-0.2, -0.15) is 5.10 Å². The van der Waals surface area contributed by atoms with Gasteiger partial charge in [0.05, 0.1) is 24.2 Å². The summed E-state index contributed by atoms with van der Waals surface area (Å²) in [5.74, 6) is 0.468. The molecular weight excluding hydrogens is 492 g/mol. The Balaban J connectivity index is 2.01. The first-order valence-corrected chi connectivity index (χ1v) is 8.97. The van der Waals surface area contributed by atoms with Crippen molar-refractivity contribution in [3.8, 4) is 5.75 Å². The van der Waals surface area contributed by atoms with E-state index >= 15 is 0 Å². The molecule has 0 unspecified atom stereocenters. The van der Waals surface area contributed by atoms with E-state index in [9.17, 15) is 4.79 Å². The molecule has 2 rings (SSSR count). The van der Waals surface area contributed by atoms with Crippen LogP contribution < -0.4 is 10.2 Å². The van der Waals surface area contributed by atoms with Crippen molar-refractivity contribution in [3.05, 3.63) is 60.9 Å². The van der Waals surface area contributed by atoms with Crippen molar-refractivity contribution in [2.45, 2.75) is 6.42 Å². The zero-order valence-corrected chi connectivity index (χ0v) is 16.9. The molecule has 0 fully saturated rings. The molecule has 1 amide bonds. The van der Waals surface area contributed by atoms with Gasteiger partial charge in [0.2, 0.25) is 5.91 Å². The maximum atomic E-state index is 11.9. The number of nitrogens with zero attached hydrogens (tertiary/aromatic N) is 1. The monoisotopic (exact) mass is 502 g/mol. The van der Waals surface area contributed by atoms with Crippen molar-refractivity contribution >= 4 is 59.9 Å². The van der Waals surface area contributed by atoms with Crippen LogP contribution in [0.15, 0.2) is 54.9 Å². The SMILES string of the molecule is COc1c(Br)cc(Br)cc1/C=N\NC(=O)Cc1ccc(Br)cc1. The van der Waals surface area contributed by atoms with Crippen LogP contribution in [0.5, 0.6) is 5.75 Å². The van der Waals surface area contributed by atoms with Gasteiger partial charge in [0.25, 0.3) is 0 Å². The third-order valence-corrected chi connectivity index (χ3v) is 4.49. The number of hydrogen-bond acceptors (Lipinski definition) is 3. The number of carbonyl (C=O) groups is 1. The van der Waals surface area contributed by atoms with E-state index in [1.807, 2.05) is 36.4 Å². The minimum absolute atomic E-state index is 0.184. The second-order valence-corrected chi connectivity index (χ2v) is 7.29. The van der Waals surface area contributed by atoms with Gasteiger partial charge in [-0.05, 0) is 45.8 Å². The molecule has 0 spiro atoms. The molecule has 0 bridgehead atoms. The minimum Gasteiger partial charge on any atom is -0.495 e. The first-order chi connectivity index (χ1) is 11.0. The lowest BCUT2D eigenvalue weighted by Crippen LogP contribution is -2.19. The summed E-state index contributed by atoms with van der Waals surface area (Å²) in [7, 11) is 1.58. The van der Waals surface area contributed by atoms with E-state index in [2.05, 4.69) is 58.3 Å². The molecule has 1 N–H and O–H groups in total. The maximum absolute atomic E-state index is 11.9. The summed E-state index contributed by atoms with van der Waals surface area (Å²) in [6, 6.07) is 11.3. The highest BCUT2D eigenvalue weighted by Crippen LogP contribution is 2.31. The van der Waals surface area contributed by atoms with Crippen LogP contribution in [0, 0.1) is 0 Å². The van der Waals surface area contributed by atoms with Crippen molar-refractivity contribution in [2.75, 3.05) is 7.11 Å². The van der Waals surface area contributed by atoms with E-state index < -0.39 is 0 Å². The highest BCUT2D eigenvalue weighted by molar-refractivity contribution is 9.11. The molecule has 0 aromatic heterocycles. The molecule has 2 aromatic carbocycles. The van der Waals surface area contributed by atoms with Crippen LogP contribution >= 0.6 is 47.8 Å². The summed E-state index contributed by atoms with van der Waals surface area (Å²) >= 11 is 10.2. The summed E-state index contributed by atoms with van der Waals surface area (Å²) < 4.78 is 7.98. The van der Waals surface area contributed by atoms with Crippen LogP contribution in [0.2, 0.25) is 0 Å². The topological polar surface area (TPSA) is 50.7 Å². The summed E-state index contributed by atoms with van der Waals surface area (Å²) in [5.41, 5.74) is 4.19. The molecule has 23 heavy (non-hydrogen) atoms. The Hall–Kier alpha value is -1.18. The standard InChI is InChI=1S/C16H13Br3N2O2/c1-23-16-11(7-13(18)8-14(16)19)9-20-21-15(22)6-10-2-4-12(17)5-3-10/h2-5,7-9H,6H2,1H3,(H,21,22)/b20-9-. The van der Waals surface area contributed by atoms with Crippen molar-refractivity contribution in [1.29, 1.82) is 0 Å². The van der Waals surface area contributed by atoms with Gasteiger partial charge in [0.15, 0.2) is 0 Å². The lowest BCUT2D eigenvalue weighted by atomic mass is 10.1. The van der Waals surface area contributed by atoms with Crippen LogP contribution in [0.1, 0.15) is 11.1 Å². The molecule has 0 saturated heterocycles. The molecule has 0 aliphatic carbocycles. The van der Waals surface area contributed by atoms with Gasteiger partial charge in [0.1, 0.15) is 5.75 Å². The zero-order valence-electron chi connectivity index (χ0n) is 12.1. The van der Waals surface area contributed by atoms with Gasteiger partial charge in [-0.15, -0.1) is 0 Å². The highest BCUT2D eigenvalue weighted by Gasteiger charge is 2.08. The molecular formula is C16H13Br3N2O2. The quantitative estimate of drug-likeness (QED) is 0.475. The predicted octanol–water partition coefficient (Wildman–Crippen LogP) is 4.68. The Kier molecular flexibility index (Phi) is 6.80. The van der Waals surface area contributed by atoms with Crippen molar-refractivity contribution < 1.29 is 9.53 Å². The molecule has 2 aromatic rings. The van der Waals surface area contributed by atoms with Crippen molar-refractivity contribution in [3.63, 3.8) is 0 Å². The van der Waals surface area contributed by atoms with E-state index in [1.54, 1.807) is 13.3 Å². The Morgan fingerprint density at radius 1 is 1.17 bits per heavy atom. The second-order valence-electron chi connectivity index (χ2n) is 4.61. The number of methoxy groups -OCH3 is 1. The van der Waals surface area contributed by atoms with Gasteiger partial charge < -0.3 is 4.74 Å². The molecule has 0 atom stereocenters. The van der Waals surface area contributed by atoms with Crippen molar-refractivity contribution in [1.82, 2.24) is 5.43 Å². The van der Waals surface area contributed by atoms with Gasteiger partial charge in [-0.25, -0.2) is 5.43 Å². The van der Waals surface area contributed by atoms with E-state index in [0.29, 0.717) is 5.75 Å². The Morgan fingerprint density at radius 3 is 2.52 bits per heavy atom. The van der Waals surface area contributed by atoms with Crippen LogP contribution in [0.4, 0.5) is 0 Å². The zero-order chi connectivity index (χ0) is 16.8. The molecule has 4 nitrogen and oxygen atoms in total. The van der Waals surface area contributed by atoms with Gasteiger partial charge >= 0.3 is 0 Å². The van der Waals surface area contributed by atoms with Gasteiger partial charge in [-0.3, -0.25) is 4.79 Å². The minimum atomic E-state index is -0.184. The lowest BCUT2D eigenvalue weighted by molar-refractivity contribution is -0.120. The number of rotatable bonds is 5. The molecule has 0 saturated carbocycles.